The molecule has 1 N–H and O–H groups in total. The van der Waals surface area contributed by atoms with Gasteiger partial charge in [0.15, 0.2) is 5.69 Å². The van der Waals surface area contributed by atoms with Crippen molar-refractivity contribution in [3.8, 4) is 0 Å². The van der Waals surface area contributed by atoms with Crippen LogP contribution in [0.3, 0.4) is 0 Å². The molecule has 0 atom stereocenters. The predicted octanol–water partition coefficient (Wildman–Crippen LogP) is 2.23. The van der Waals surface area contributed by atoms with E-state index in [1.165, 1.54) is 12.8 Å². The molecule has 28 heavy (non-hydrogen) atoms. The van der Waals surface area contributed by atoms with Crippen molar-refractivity contribution in [1.82, 2.24) is 14.8 Å². The highest BCUT2D eigenvalue weighted by molar-refractivity contribution is 5.93. The first-order valence-electron chi connectivity index (χ1n) is 10.4. The minimum absolute atomic E-state index is 0.0153. The minimum atomic E-state index is -0.601. The van der Waals surface area contributed by atoms with Gasteiger partial charge in [0.25, 0.3) is 0 Å². The average molecular weight is 386 g/mol. The summed E-state index contributed by atoms with van der Waals surface area (Å²) in [5.41, 5.74) is 0.695. The third-order valence-corrected chi connectivity index (χ3v) is 6.59. The summed E-state index contributed by atoms with van der Waals surface area (Å²) < 4.78 is 5.80. The number of rotatable bonds is 5. The van der Waals surface area contributed by atoms with Crippen molar-refractivity contribution >= 4 is 17.7 Å². The Balaban J connectivity index is 1.37. The molecular weight excluding hydrogens is 356 g/mol. The molecule has 1 amide bonds. The fourth-order valence-corrected chi connectivity index (χ4v) is 4.82. The number of likely N-dealkylation sites (N-methyl/N-ethyl adjacent to an activating group) is 1. The Hall–Kier alpha value is -2.15. The molecule has 4 rings (SSSR count). The molecule has 7 nitrogen and oxygen atoms in total. The normalized spacial score (nSPS) is 26.9. The van der Waals surface area contributed by atoms with Crippen LogP contribution in [0.4, 0.5) is 5.82 Å². The first kappa shape index (κ1) is 19.2. The van der Waals surface area contributed by atoms with Crippen molar-refractivity contribution in [2.45, 2.75) is 44.1 Å². The van der Waals surface area contributed by atoms with Crippen LogP contribution in [0.1, 0.15) is 54.6 Å². The zero-order chi connectivity index (χ0) is 19.7. The van der Waals surface area contributed by atoms with Crippen LogP contribution >= 0.6 is 0 Å². The lowest BCUT2D eigenvalue weighted by atomic mass is 9.75. The molecule has 1 aromatic heterocycles. The van der Waals surface area contributed by atoms with Gasteiger partial charge in [0.05, 0.1) is 0 Å². The van der Waals surface area contributed by atoms with Crippen molar-refractivity contribution in [1.29, 1.82) is 0 Å². The Labute approximate surface area is 166 Å². The number of esters is 1. The van der Waals surface area contributed by atoms with Crippen LogP contribution in [0.15, 0.2) is 12.1 Å². The van der Waals surface area contributed by atoms with E-state index in [4.69, 9.17) is 4.74 Å². The Bertz CT molecular complexity index is 752. The van der Waals surface area contributed by atoms with Gasteiger partial charge in [-0.3, -0.25) is 4.79 Å². The molecule has 1 saturated heterocycles. The van der Waals surface area contributed by atoms with E-state index < -0.39 is 5.60 Å². The van der Waals surface area contributed by atoms with Crippen molar-refractivity contribution in [3.05, 3.63) is 23.4 Å². The number of carbonyl (C=O) groups excluding carboxylic acids is 2. The number of likely N-dealkylation sites (tertiary alicyclic amines) is 1. The van der Waals surface area contributed by atoms with Crippen LogP contribution in [0.25, 0.3) is 0 Å². The van der Waals surface area contributed by atoms with Crippen LogP contribution in [0, 0.1) is 5.92 Å². The standard InChI is InChI=1S/C21H30N4O3/c1-22-17-6-5-16-18(23-17)20(27)28-21(16)9-7-15(8-10-21)19(26)24(2)13-14-25-11-3-4-12-25/h5-6,15H,3-4,7-14H2,1-2H3,(H,22,23). The molecule has 3 heterocycles. The zero-order valence-electron chi connectivity index (χ0n) is 16.9. The van der Waals surface area contributed by atoms with Gasteiger partial charge in [0.2, 0.25) is 5.91 Å². The lowest BCUT2D eigenvalue weighted by molar-refractivity contribution is -0.137. The average Bonchev–Trinajstić information content (AvgIpc) is 3.33. The summed E-state index contributed by atoms with van der Waals surface area (Å²) in [7, 11) is 3.69. The van der Waals surface area contributed by atoms with Gasteiger partial charge in [-0.1, -0.05) is 0 Å². The van der Waals surface area contributed by atoms with Gasteiger partial charge in [-0.05, 0) is 63.7 Å². The van der Waals surface area contributed by atoms with E-state index in [0.717, 1.165) is 44.6 Å². The van der Waals surface area contributed by atoms with Crippen molar-refractivity contribution in [2.75, 3.05) is 45.6 Å². The van der Waals surface area contributed by atoms with Crippen LogP contribution in [-0.2, 0) is 15.1 Å². The van der Waals surface area contributed by atoms with E-state index in [-0.39, 0.29) is 17.8 Å². The van der Waals surface area contributed by atoms with Crippen LogP contribution < -0.4 is 5.32 Å². The summed E-state index contributed by atoms with van der Waals surface area (Å²) in [5.74, 6) is 0.555. The van der Waals surface area contributed by atoms with Gasteiger partial charge < -0.3 is 19.9 Å². The van der Waals surface area contributed by atoms with E-state index in [2.05, 4.69) is 15.2 Å². The minimum Gasteiger partial charge on any atom is -0.449 e. The van der Waals surface area contributed by atoms with Gasteiger partial charge in [0, 0.05) is 38.7 Å². The molecule has 1 saturated carbocycles. The van der Waals surface area contributed by atoms with Crippen LogP contribution in [0.5, 0.6) is 0 Å². The van der Waals surface area contributed by atoms with E-state index in [9.17, 15) is 9.59 Å². The molecule has 3 aliphatic rings. The zero-order valence-corrected chi connectivity index (χ0v) is 16.9. The second-order valence-corrected chi connectivity index (χ2v) is 8.31. The van der Waals surface area contributed by atoms with Gasteiger partial charge in [-0.15, -0.1) is 0 Å². The van der Waals surface area contributed by atoms with E-state index in [1.54, 1.807) is 7.05 Å². The highest BCUT2D eigenvalue weighted by Gasteiger charge is 2.49. The maximum Gasteiger partial charge on any atom is 0.358 e. The number of hydrogen-bond acceptors (Lipinski definition) is 6. The number of amides is 1. The summed E-state index contributed by atoms with van der Waals surface area (Å²) in [4.78, 5) is 33.9. The molecule has 2 fully saturated rings. The molecule has 1 aliphatic carbocycles. The smallest absolute Gasteiger partial charge is 0.358 e. The van der Waals surface area contributed by atoms with E-state index >= 15 is 0 Å². The number of ether oxygens (including phenoxy) is 1. The second-order valence-electron chi connectivity index (χ2n) is 8.31. The Morgan fingerprint density at radius 3 is 2.71 bits per heavy atom. The maximum atomic E-state index is 12.9. The van der Waals surface area contributed by atoms with Gasteiger partial charge >= 0.3 is 5.97 Å². The monoisotopic (exact) mass is 386 g/mol. The molecule has 0 radical (unpaired) electrons. The largest absolute Gasteiger partial charge is 0.449 e. The fraction of sp³-hybridized carbons (Fsp3) is 0.667. The number of carbonyl (C=O) groups is 2. The maximum absolute atomic E-state index is 12.9. The molecule has 152 valence electrons. The van der Waals surface area contributed by atoms with Gasteiger partial charge in [-0.25, -0.2) is 9.78 Å². The first-order chi connectivity index (χ1) is 13.5. The number of aromatic nitrogens is 1. The van der Waals surface area contributed by atoms with Crippen molar-refractivity contribution in [3.63, 3.8) is 0 Å². The topological polar surface area (TPSA) is 74.8 Å². The van der Waals surface area contributed by atoms with Gasteiger partial charge in [-0.2, -0.15) is 0 Å². The Morgan fingerprint density at radius 2 is 2.04 bits per heavy atom. The number of pyridine rings is 1. The third kappa shape index (κ3) is 3.48. The van der Waals surface area contributed by atoms with Crippen molar-refractivity contribution < 1.29 is 14.3 Å². The predicted molar refractivity (Wildman–Crippen MR) is 106 cm³/mol. The quantitative estimate of drug-likeness (QED) is 0.783. The highest BCUT2D eigenvalue weighted by Crippen LogP contribution is 2.48. The molecule has 1 spiro atoms. The van der Waals surface area contributed by atoms with E-state index in [1.807, 2.05) is 24.1 Å². The number of anilines is 1. The molecule has 1 aromatic rings. The lowest BCUT2D eigenvalue weighted by Gasteiger charge is -2.37. The highest BCUT2D eigenvalue weighted by atomic mass is 16.6. The SMILES string of the molecule is CNc1ccc2c(n1)C(=O)OC21CCC(C(=O)N(C)CCN2CCCC2)CC1. The molecular formula is C21H30N4O3. The number of nitrogens with zero attached hydrogens (tertiary/aromatic N) is 3. The summed E-state index contributed by atoms with van der Waals surface area (Å²) in [5, 5.41) is 2.96. The molecule has 7 heteroatoms. The number of hydrogen-bond donors (Lipinski definition) is 1. The number of fused-ring (bicyclic) bond motifs is 2. The summed E-state index contributed by atoms with van der Waals surface area (Å²) in [6, 6.07) is 3.83. The fourth-order valence-electron chi connectivity index (χ4n) is 4.82. The molecule has 2 aliphatic heterocycles. The van der Waals surface area contributed by atoms with E-state index in [0.29, 0.717) is 24.4 Å². The molecule has 0 aromatic carbocycles. The summed E-state index contributed by atoms with van der Waals surface area (Å²) in [6.45, 7) is 4.06. The van der Waals surface area contributed by atoms with Crippen LogP contribution in [0.2, 0.25) is 0 Å². The summed E-state index contributed by atoms with van der Waals surface area (Å²) >= 11 is 0. The third-order valence-electron chi connectivity index (χ3n) is 6.59. The van der Waals surface area contributed by atoms with Crippen molar-refractivity contribution in [2.24, 2.45) is 5.92 Å². The molecule has 0 unspecified atom stereocenters. The summed E-state index contributed by atoms with van der Waals surface area (Å²) in [6.07, 6.45) is 5.40. The first-order valence-corrected chi connectivity index (χ1v) is 10.4. The molecule has 0 bridgehead atoms. The van der Waals surface area contributed by atoms with Crippen LogP contribution in [-0.4, -0.2) is 66.9 Å². The Kier molecular flexibility index (Phi) is 5.27. The van der Waals surface area contributed by atoms with Gasteiger partial charge in [0.1, 0.15) is 11.4 Å². The second kappa shape index (κ2) is 7.70. The number of nitrogens with one attached hydrogen (secondary N) is 1. The lowest BCUT2D eigenvalue weighted by Crippen LogP contribution is -2.41. The Morgan fingerprint density at radius 1 is 1.32 bits per heavy atom.